The van der Waals surface area contributed by atoms with Crippen molar-refractivity contribution in [3.63, 3.8) is 0 Å². The molecule has 0 aliphatic carbocycles. The first-order valence-corrected chi connectivity index (χ1v) is 11.8. The Kier molecular flexibility index (Phi) is 6.15. The molecule has 0 aliphatic rings. The lowest BCUT2D eigenvalue weighted by molar-refractivity contribution is 0.475. The third kappa shape index (κ3) is 4.40. The zero-order valence-electron chi connectivity index (χ0n) is 20.5. The van der Waals surface area contributed by atoms with E-state index >= 15 is 0 Å². The van der Waals surface area contributed by atoms with Crippen LogP contribution in [0.2, 0.25) is 0 Å². The lowest BCUT2D eigenvalue weighted by atomic mass is 10.0. The quantitative estimate of drug-likeness (QED) is 0.255. The van der Waals surface area contributed by atoms with E-state index in [1.54, 1.807) is 16.7 Å². The summed E-state index contributed by atoms with van der Waals surface area (Å²) < 4.78 is 1.73. The number of rotatable bonds is 6. The Labute approximate surface area is 213 Å². The van der Waals surface area contributed by atoms with Crippen LogP contribution < -0.4 is 16.6 Å². The van der Waals surface area contributed by atoms with Crippen LogP contribution in [-0.4, -0.2) is 25.4 Å². The average Bonchev–Trinajstić information content (AvgIpc) is 2.88. The maximum atomic E-state index is 13.8. The number of nitrogens with two attached hydrogens (primary N) is 1. The highest BCUT2D eigenvalue weighted by Gasteiger charge is 2.18. The van der Waals surface area contributed by atoms with Gasteiger partial charge in [0.15, 0.2) is 0 Å². The average molecular weight is 491 g/mol. The minimum atomic E-state index is -0.0963. The van der Waals surface area contributed by atoms with Gasteiger partial charge >= 0.3 is 0 Å². The number of phenolic OH excluding ortho intramolecular Hbond substituents is 1. The molecule has 0 aliphatic heterocycles. The number of nitrogens with zero attached hydrogens (tertiary/aromatic N) is 3. The van der Waals surface area contributed by atoms with Crippen molar-refractivity contribution in [2.24, 2.45) is 0 Å². The van der Waals surface area contributed by atoms with Crippen molar-refractivity contribution in [3.05, 3.63) is 117 Å². The molecule has 5 rings (SSSR count). The summed E-state index contributed by atoms with van der Waals surface area (Å²) in [5, 5.41) is 23.2. The molecule has 37 heavy (non-hydrogen) atoms. The van der Waals surface area contributed by atoms with Gasteiger partial charge in [-0.25, -0.2) is 9.97 Å². The summed E-state index contributed by atoms with van der Waals surface area (Å²) >= 11 is 0. The molecule has 0 saturated heterocycles. The zero-order valence-corrected chi connectivity index (χ0v) is 20.5. The fraction of sp³-hybridized carbons (Fsp3) is 0.103. The number of nitrogens with one attached hydrogen (secondary N) is 2. The van der Waals surface area contributed by atoms with Gasteiger partial charge in [-0.05, 0) is 66.8 Å². The smallest absolute Gasteiger partial charge is 0.263 e. The van der Waals surface area contributed by atoms with Gasteiger partial charge < -0.3 is 16.2 Å². The molecule has 0 saturated carbocycles. The topological polar surface area (TPSA) is 130 Å². The molecule has 0 amide bonds. The van der Waals surface area contributed by atoms with Gasteiger partial charge in [-0.1, -0.05) is 36.4 Å². The number of benzene rings is 3. The number of aromatic nitrogens is 3. The van der Waals surface area contributed by atoms with Crippen LogP contribution in [0.4, 0.5) is 11.6 Å². The molecular weight excluding hydrogens is 464 g/mol. The number of hydrogen-bond donors (Lipinski definition) is 4. The summed E-state index contributed by atoms with van der Waals surface area (Å²) in [5.74, 6) is 0.632. The predicted octanol–water partition coefficient (Wildman–Crippen LogP) is 4.71. The Bertz CT molecular complexity index is 1710. The van der Waals surface area contributed by atoms with Crippen LogP contribution in [0.3, 0.4) is 0 Å². The molecule has 0 unspecified atom stereocenters. The summed E-state index contributed by atoms with van der Waals surface area (Å²) in [5.41, 5.74) is 10.5. The van der Waals surface area contributed by atoms with Gasteiger partial charge in [0.1, 0.15) is 23.7 Å². The predicted molar refractivity (Wildman–Crippen MR) is 147 cm³/mol. The summed E-state index contributed by atoms with van der Waals surface area (Å²) in [6.07, 6.45) is 1.34. The van der Waals surface area contributed by atoms with E-state index in [2.05, 4.69) is 15.3 Å². The molecule has 0 radical (unpaired) electrons. The number of fused-ring (bicyclic) bond motifs is 1. The SMILES string of the molecule is Cc1ccccc1-n1c(CNc2ncnc(N)c2C(=N)c2ccc(O)cc2)cc2cccc(C)c2c1=O. The van der Waals surface area contributed by atoms with E-state index in [-0.39, 0.29) is 29.4 Å². The molecule has 8 heteroatoms. The Morgan fingerprint density at radius 1 is 1.00 bits per heavy atom. The van der Waals surface area contributed by atoms with Crippen molar-refractivity contribution in [2.45, 2.75) is 20.4 Å². The Morgan fingerprint density at radius 2 is 1.73 bits per heavy atom. The van der Waals surface area contributed by atoms with Gasteiger partial charge in [-0.3, -0.25) is 14.8 Å². The van der Waals surface area contributed by atoms with E-state index in [1.807, 2.05) is 62.4 Å². The van der Waals surface area contributed by atoms with E-state index in [1.165, 1.54) is 18.5 Å². The Morgan fingerprint density at radius 3 is 2.49 bits per heavy atom. The monoisotopic (exact) mass is 490 g/mol. The van der Waals surface area contributed by atoms with Crippen LogP contribution in [0.25, 0.3) is 16.5 Å². The molecule has 0 fully saturated rings. The molecule has 3 aromatic carbocycles. The van der Waals surface area contributed by atoms with Crippen LogP contribution in [0.1, 0.15) is 27.9 Å². The number of para-hydroxylation sites is 1. The van der Waals surface area contributed by atoms with Crippen molar-refractivity contribution in [1.82, 2.24) is 14.5 Å². The largest absolute Gasteiger partial charge is 0.508 e. The van der Waals surface area contributed by atoms with Crippen LogP contribution in [0, 0.1) is 19.3 Å². The van der Waals surface area contributed by atoms with Gasteiger partial charge in [-0.2, -0.15) is 0 Å². The van der Waals surface area contributed by atoms with Crippen molar-refractivity contribution in [3.8, 4) is 11.4 Å². The Balaban J connectivity index is 1.61. The highest BCUT2D eigenvalue weighted by atomic mass is 16.3. The fourth-order valence-corrected chi connectivity index (χ4v) is 4.52. The normalized spacial score (nSPS) is 11.0. The van der Waals surface area contributed by atoms with Gasteiger partial charge in [-0.15, -0.1) is 0 Å². The van der Waals surface area contributed by atoms with Gasteiger partial charge in [0.25, 0.3) is 5.56 Å². The lowest BCUT2D eigenvalue weighted by Gasteiger charge is -2.19. The second-order valence-corrected chi connectivity index (χ2v) is 8.86. The summed E-state index contributed by atoms with van der Waals surface area (Å²) in [4.78, 5) is 22.3. The number of hydrogen-bond acceptors (Lipinski definition) is 7. The van der Waals surface area contributed by atoms with Crippen LogP contribution >= 0.6 is 0 Å². The molecule has 0 atom stereocenters. The zero-order chi connectivity index (χ0) is 26.1. The fourth-order valence-electron chi connectivity index (χ4n) is 4.52. The summed E-state index contributed by atoms with van der Waals surface area (Å²) in [7, 11) is 0. The van der Waals surface area contributed by atoms with Crippen molar-refractivity contribution in [1.29, 1.82) is 5.41 Å². The molecule has 184 valence electrons. The first kappa shape index (κ1) is 23.7. The highest BCUT2D eigenvalue weighted by Crippen LogP contribution is 2.25. The molecule has 2 aromatic heterocycles. The van der Waals surface area contributed by atoms with Crippen molar-refractivity contribution in [2.75, 3.05) is 11.1 Å². The number of nitrogen functional groups attached to an aromatic ring is 1. The molecule has 0 spiro atoms. The minimum absolute atomic E-state index is 0.0963. The minimum Gasteiger partial charge on any atom is -0.508 e. The number of pyridine rings is 1. The molecule has 8 nitrogen and oxygen atoms in total. The Hall–Kier alpha value is -4.98. The van der Waals surface area contributed by atoms with E-state index in [0.29, 0.717) is 22.3 Å². The first-order chi connectivity index (χ1) is 17.8. The van der Waals surface area contributed by atoms with E-state index < -0.39 is 0 Å². The third-order valence-electron chi connectivity index (χ3n) is 6.41. The van der Waals surface area contributed by atoms with Crippen molar-refractivity contribution < 1.29 is 5.11 Å². The van der Waals surface area contributed by atoms with E-state index in [9.17, 15) is 9.90 Å². The maximum absolute atomic E-state index is 13.8. The van der Waals surface area contributed by atoms with Crippen LogP contribution in [-0.2, 0) is 6.54 Å². The summed E-state index contributed by atoms with van der Waals surface area (Å²) in [6.45, 7) is 4.16. The second-order valence-electron chi connectivity index (χ2n) is 8.86. The lowest BCUT2D eigenvalue weighted by Crippen LogP contribution is -2.25. The molecular formula is C29H26N6O2. The van der Waals surface area contributed by atoms with Gasteiger partial charge in [0, 0.05) is 11.3 Å². The second kappa shape index (κ2) is 9.58. The highest BCUT2D eigenvalue weighted by molar-refractivity contribution is 6.16. The van der Waals surface area contributed by atoms with Crippen LogP contribution in [0.5, 0.6) is 5.75 Å². The molecule has 0 bridgehead atoms. The molecule has 5 N–H and O–H groups in total. The van der Waals surface area contributed by atoms with E-state index in [4.69, 9.17) is 11.1 Å². The molecule has 5 aromatic rings. The third-order valence-corrected chi connectivity index (χ3v) is 6.41. The van der Waals surface area contributed by atoms with Gasteiger partial charge in [0.2, 0.25) is 0 Å². The number of aromatic hydroxyl groups is 1. The van der Waals surface area contributed by atoms with Crippen LogP contribution in [0.15, 0.2) is 83.9 Å². The standard InChI is InChI=1S/C29H26N6O2/c1-17-6-3-4-9-23(17)35-21(14-20-8-5-7-18(2)24(20)29(35)37)15-32-28-25(27(31)33-16-34-28)26(30)19-10-12-22(36)13-11-19/h3-14,16,30,36H,15H2,1-2H3,(H3,31,32,33,34). The number of phenols is 1. The van der Waals surface area contributed by atoms with Gasteiger partial charge in [0.05, 0.1) is 28.9 Å². The number of aryl methyl sites for hydroxylation is 2. The summed E-state index contributed by atoms with van der Waals surface area (Å²) in [6, 6.07) is 21.9. The first-order valence-electron chi connectivity index (χ1n) is 11.8. The van der Waals surface area contributed by atoms with E-state index in [0.717, 1.165) is 27.9 Å². The van der Waals surface area contributed by atoms with Crippen molar-refractivity contribution >= 4 is 28.1 Å². The maximum Gasteiger partial charge on any atom is 0.263 e. The molecule has 2 heterocycles. The number of anilines is 2.